The number of hydrogen-bond donors (Lipinski definition) is 2. The molecule has 2 atom stereocenters. The average molecular weight is 389 g/mol. The third-order valence-corrected chi connectivity index (χ3v) is 4.06. The van der Waals surface area contributed by atoms with Crippen molar-refractivity contribution >= 4 is 6.03 Å². The molecule has 0 saturated carbocycles. The van der Waals surface area contributed by atoms with Crippen molar-refractivity contribution in [2.24, 2.45) is 0 Å². The number of hydrogen-bond acceptors (Lipinski definition) is 4. The van der Waals surface area contributed by atoms with Crippen molar-refractivity contribution in [2.45, 2.75) is 38.8 Å². The summed E-state index contributed by atoms with van der Waals surface area (Å²) in [5, 5.41) is 5.54. The van der Waals surface area contributed by atoms with Gasteiger partial charge in [-0.25, -0.2) is 4.79 Å². The molecule has 0 radical (unpaired) electrons. The summed E-state index contributed by atoms with van der Waals surface area (Å²) in [6.07, 6.45) is -3.80. The number of amides is 2. The largest absolute Gasteiger partial charge is 0.573 e. The van der Waals surface area contributed by atoms with Crippen LogP contribution in [0.4, 0.5) is 18.0 Å². The molecule has 2 rings (SSSR count). The van der Waals surface area contributed by atoms with Crippen LogP contribution in [0.3, 0.4) is 0 Å². The SMILES string of the molecule is CC1CN(CCNC(=O)NCCc2ccc(OC(F)(F)F)cc2)CC(C)O1. The molecule has 2 N–H and O–H groups in total. The van der Waals surface area contributed by atoms with Crippen LogP contribution in [-0.2, 0) is 11.2 Å². The Kier molecular flexibility index (Phi) is 7.73. The smallest absolute Gasteiger partial charge is 0.406 e. The van der Waals surface area contributed by atoms with Crippen molar-refractivity contribution < 1.29 is 27.4 Å². The van der Waals surface area contributed by atoms with Gasteiger partial charge in [0.1, 0.15) is 5.75 Å². The minimum atomic E-state index is -4.70. The maximum absolute atomic E-state index is 12.1. The first-order chi connectivity index (χ1) is 12.7. The van der Waals surface area contributed by atoms with E-state index in [1.165, 1.54) is 12.1 Å². The molecule has 1 aliphatic rings. The first-order valence-corrected chi connectivity index (χ1v) is 8.95. The zero-order valence-corrected chi connectivity index (χ0v) is 15.5. The Hall–Kier alpha value is -2.00. The first-order valence-electron chi connectivity index (χ1n) is 8.95. The molecule has 1 fully saturated rings. The molecule has 2 amide bonds. The molecule has 1 aromatic carbocycles. The van der Waals surface area contributed by atoms with Gasteiger partial charge in [-0.3, -0.25) is 4.90 Å². The molecule has 27 heavy (non-hydrogen) atoms. The Labute approximate surface area is 157 Å². The third-order valence-electron chi connectivity index (χ3n) is 4.06. The van der Waals surface area contributed by atoms with Crippen molar-refractivity contribution in [1.29, 1.82) is 0 Å². The molecular formula is C18H26F3N3O3. The Morgan fingerprint density at radius 1 is 1.15 bits per heavy atom. The Balaban J connectivity index is 1.60. The lowest BCUT2D eigenvalue weighted by Crippen LogP contribution is -2.48. The van der Waals surface area contributed by atoms with Gasteiger partial charge in [0.15, 0.2) is 0 Å². The summed E-state index contributed by atoms with van der Waals surface area (Å²) in [5.41, 5.74) is 0.807. The van der Waals surface area contributed by atoms with E-state index in [2.05, 4.69) is 20.3 Å². The van der Waals surface area contributed by atoms with Crippen molar-refractivity contribution in [1.82, 2.24) is 15.5 Å². The van der Waals surface area contributed by atoms with Crippen molar-refractivity contribution in [2.75, 3.05) is 32.7 Å². The lowest BCUT2D eigenvalue weighted by atomic mass is 10.1. The van der Waals surface area contributed by atoms with Crippen LogP contribution in [0.15, 0.2) is 24.3 Å². The average Bonchev–Trinajstić information content (AvgIpc) is 2.54. The quantitative estimate of drug-likeness (QED) is 0.752. The number of nitrogens with zero attached hydrogens (tertiary/aromatic N) is 1. The zero-order valence-electron chi connectivity index (χ0n) is 15.5. The van der Waals surface area contributed by atoms with Crippen LogP contribution in [-0.4, -0.2) is 62.2 Å². The number of halogens is 3. The Morgan fingerprint density at radius 2 is 1.74 bits per heavy atom. The second-order valence-electron chi connectivity index (χ2n) is 6.64. The number of alkyl halides is 3. The van der Waals surface area contributed by atoms with Crippen LogP contribution in [0.25, 0.3) is 0 Å². The number of carbonyl (C=O) groups excluding carboxylic acids is 1. The number of morpholine rings is 1. The molecule has 152 valence electrons. The second-order valence-corrected chi connectivity index (χ2v) is 6.64. The molecule has 0 bridgehead atoms. The van der Waals surface area contributed by atoms with Gasteiger partial charge >= 0.3 is 12.4 Å². The van der Waals surface area contributed by atoms with Crippen molar-refractivity contribution in [3.8, 4) is 5.75 Å². The Bertz CT molecular complexity index is 586. The number of urea groups is 1. The summed E-state index contributed by atoms with van der Waals surface area (Å²) in [6, 6.07) is 5.34. The summed E-state index contributed by atoms with van der Waals surface area (Å²) in [7, 11) is 0. The van der Waals surface area contributed by atoms with Crippen LogP contribution >= 0.6 is 0 Å². The van der Waals surface area contributed by atoms with E-state index in [9.17, 15) is 18.0 Å². The number of carbonyl (C=O) groups is 1. The van der Waals surface area contributed by atoms with Crippen molar-refractivity contribution in [3.05, 3.63) is 29.8 Å². The highest BCUT2D eigenvalue weighted by Gasteiger charge is 2.30. The first kappa shape index (κ1) is 21.3. The second kappa shape index (κ2) is 9.80. The van der Waals surface area contributed by atoms with E-state index in [1.807, 2.05) is 13.8 Å². The fourth-order valence-corrected chi connectivity index (χ4v) is 3.04. The topological polar surface area (TPSA) is 62.8 Å². The molecule has 1 saturated heterocycles. The number of ether oxygens (including phenoxy) is 2. The number of nitrogens with one attached hydrogen (secondary N) is 2. The van der Waals surface area contributed by atoms with E-state index in [0.717, 1.165) is 25.2 Å². The lowest BCUT2D eigenvalue weighted by Gasteiger charge is -2.35. The molecular weight excluding hydrogens is 363 g/mol. The predicted octanol–water partition coefficient (Wildman–Crippen LogP) is 2.54. The minimum absolute atomic E-state index is 0.190. The predicted molar refractivity (Wildman–Crippen MR) is 94.7 cm³/mol. The van der Waals surface area contributed by atoms with Crippen LogP contribution in [0.1, 0.15) is 19.4 Å². The monoisotopic (exact) mass is 389 g/mol. The minimum Gasteiger partial charge on any atom is -0.406 e. The van der Waals surface area contributed by atoms with E-state index >= 15 is 0 Å². The van der Waals surface area contributed by atoms with E-state index in [0.29, 0.717) is 19.5 Å². The molecule has 1 aliphatic heterocycles. The molecule has 0 aromatic heterocycles. The van der Waals surface area contributed by atoms with Gasteiger partial charge in [-0.1, -0.05) is 12.1 Å². The molecule has 0 spiro atoms. The van der Waals surface area contributed by atoms with Gasteiger partial charge in [-0.2, -0.15) is 0 Å². The molecule has 1 aromatic rings. The van der Waals surface area contributed by atoms with Gasteiger partial charge in [0.25, 0.3) is 0 Å². The maximum Gasteiger partial charge on any atom is 0.573 e. The molecule has 1 heterocycles. The van der Waals surface area contributed by atoms with Gasteiger partial charge in [0.05, 0.1) is 12.2 Å². The zero-order chi connectivity index (χ0) is 19.9. The summed E-state index contributed by atoms with van der Waals surface area (Å²) in [6.45, 7) is 7.44. The Morgan fingerprint density at radius 3 is 2.33 bits per heavy atom. The molecule has 2 unspecified atom stereocenters. The summed E-state index contributed by atoms with van der Waals surface area (Å²) in [5.74, 6) is -0.260. The highest BCUT2D eigenvalue weighted by molar-refractivity contribution is 5.73. The molecule has 0 aliphatic carbocycles. The number of benzene rings is 1. The van der Waals surface area contributed by atoms with Crippen LogP contribution < -0.4 is 15.4 Å². The van der Waals surface area contributed by atoms with Crippen LogP contribution in [0.5, 0.6) is 5.75 Å². The van der Waals surface area contributed by atoms with E-state index in [4.69, 9.17) is 4.74 Å². The maximum atomic E-state index is 12.1. The molecule has 6 nitrogen and oxygen atoms in total. The fraction of sp³-hybridized carbons (Fsp3) is 0.611. The molecule has 9 heteroatoms. The normalized spacial score (nSPS) is 20.9. The van der Waals surface area contributed by atoms with Gasteiger partial charge < -0.3 is 20.1 Å². The fourth-order valence-electron chi connectivity index (χ4n) is 3.04. The standard InChI is InChI=1S/C18H26F3N3O3/c1-13-11-24(12-14(2)26-13)10-9-23-17(25)22-8-7-15-3-5-16(6-4-15)27-18(19,20)21/h3-6,13-14H,7-12H2,1-2H3,(H2,22,23,25). The lowest BCUT2D eigenvalue weighted by molar-refractivity contribution is -0.274. The van der Waals surface area contributed by atoms with Gasteiger partial charge in [0.2, 0.25) is 0 Å². The summed E-state index contributed by atoms with van der Waals surface area (Å²) < 4.78 is 45.8. The van der Waals surface area contributed by atoms with E-state index in [-0.39, 0.29) is 24.0 Å². The number of rotatable bonds is 7. The third kappa shape index (κ3) is 8.49. The van der Waals surface area contributed by atoms with Crippen LogP contribution in [0.2, 0.25) is 0 Å². The van der Waals surface area contributed by atoms with Gasteiger partial charge in [-0.05, 0) is 38.0 Å². The van der Waals surface area contributed by atoms with E-state index in [1.54, 1.807) is 12.1 Å². The van der Waals surface area contributed by atoms with Gasteiger partial charge in [0, 0.05) is 32.7 Å². The van der Waals surface area contributed by atoms with Crippen LogP contribution in [0, 0.1) is 0 Å². The highest BCUT2D eigenvalue weighted by Crippen LogP contribution is 2.22. The van der Waals surface area contributed by atoms with Gasteiger partial charge in [-0.15, -0.1) is 13.2 Å². The highest BCUT2D eigenvalue weighted by atomic mass is 19.4. The summed E-state index contributed by atoms with van der Waals surface area (Å²) in [4.78, 5) is 14.1. The summed E-state index contributed by atoms with van der Waals surface area (Å²) >= 11 is 0. The van der Waals surface area contributed by atoms with Crippen molar-refractivity contribution in [3.63, 3.8) is 0 Å². The van der Waals surface area contributed by atoms with E-state index < -0.39 is 6.36 Å².